The molecule has 0 atom stereocenters. The molecular formula is C12H9ClN4OS. The summed E-state index contributed by atoms with van der Waals surface area (Å²) < 4.78 is 2.51. The van der Waals surface area contributed by atoms with Gasteiger partial charge >= 0.3 is 0 Å². The summed E-state index contributed by atoms with van der Waals surface area (Å²) in [5.41, 5.74) is 1.17. The molecule has 0 radical (unpaired) electrons. The van der Waals surface area contributed by atoms with E-state index in [0.717, 1.165) is 10.2 Å². The Morgan fingerprint density at radius 1 is 1.42 bits per heavy atom. The van der Waals surface area contributed by atoms with Gasteiger partial charge in [-0.25, -0.2) is 4.98 Å². The minimum absolute atomic E-state index is 0.272. The first-order valence-electron chi connectivity index (χ1n) is 5.49. The van der Waals surface area contributed by atoms with Crippen LogP contribution in [0.25, 0.3) is 10.2 Å². The van der Waals surface area contributed by atoms with Gasteiger partial charge in [-0.2, -0.15) is 5.10 Å². The molecule has 96 valence electrons. The van der Waals surface area contributed by atoms with E-state index in [9.17, 15) is 4.79 Å². The van der Waals surface area contributed by atoms with Gasteiger partial charge in [-0.1, -0.05) is 22.9 Å². The van der Waals surface area contributed by atoms with Gasteiger partial charge in [0, 0.05) is 18.3 Å². The maximum atomic E-state index is 11.9. The average Bonchev–Trinajstić information content (AvgIpc) is 2.94. The largest absolute Gasteiger partial charge is 0.296 e. The Morgan fingerprint density at radius 3 is 3.00 bits per heavy atom. The summed E-state index contributed by atoms with van der Waals surface area (Å²) in [5.74, 6) is -0.272. The lowest BCUT2D eigenvalue weighted by molar-refractivity contribution is 0.102. The van der Waals surface area contributed by atoms with Gasteiger partial charge in [0.05, 0.1) is 10.2 Å². The zero-order valence-corrected chi connectivity index (χ0v) is 11.5. The summed E-state index contributed by atoms with van der Waals surface area (Å²) in [5, 5.41) is 7.95. The first kappa shape index (κ1) is 12.1. The van der Waals surface area contributed by atoms with Crippen LogP contribution in [0.2, 0.25) is 5.02 Å². The van der Waals surface area contributed by atoms with Crippen molar-refractivity contribution in [1.82, 2.24) is 14.8 Å². The summed E-state index contributed by atoms with van der Waals surface area (Å²) in [7, 11) is 1.76. The lowest BCUT2D eigenvalue weighted by atomic mass is 10.3. The van der Waals surface area contributed by atoms with Gasteiger partial charge in [-0.3, -0.25) is 14.8 Å². The minimum Gasteiger partial charge on any atom is -0.296 e. The number of carbonyl (C=O) groups is 1. The van der Waals surface area contributed by atoms with Crippen LogP contribution in [0.15, 0.2) is 30.5 Å². The van der Waals surface area contributed by atoms with E-state index in [1.54, 1.807) is 30.1 Å². The number of anilines is 1. The molecule has 7 heteroatoms. The summed E-state index contributed by atoms with van der Waals surface area (Å²) in [6.07, 6.45) is 1.72. The third-order valence-electron chi connectivity index (χ3n) is 2.52. The highest BCUT2D eigenvalue weighted by Crippen LogP contribution is 2.28. The number of amides is 1. The molecule has 0 saturated carbocycles. The number of hydrogen-bond donors (Lipinski definition) is 1. The Balaban J connectivity index is 1.87. The fourth-order valence-corrected chi connectivity index (χ4v) is 2.79. The molecule has 1 amide bonds. The van der Waals surface area contributed by atoms with Crippen LogP contribution in [-0.2, 0) is 7.05 Å². The summed E-state index contributed by atoms with van der Waals surface area (Å²) in [6, 6.07) is 7.07. The first-order valence-corrected chi connectivity index (χ1v) is 6.68. The van der Waals surface area contributed by atoms with E-state index >= 15 is 0 Å². The quantitative estimate of drug-likeness (QED) is 0.790. The molecule has 0 unspecified atom stereocenters. The van der Waals surface area contributed by atoms with Gasteiger partial charge in [0.2, 0.25) is 0 Å². The van der Waals surface area contributed by atoms with Crippen LogP contribution in [0.5, 0.6) is 0 Å². The molecule has 0 bridgehead atoms. The van der Waals surface area contributed by atoms with Crippen molar-refractivity contribution in [2.45, 2.75) is 0 Å². The molecule has 1 aromatic carbocycles. The Morgan fingerprint density at radius 2 is 2.26 bits per heavy atom. The molecular weight excluding hydrogens is 284 g/mol. The van der Waals surface area contributed by atoms with E-state index in [1.165, 1.54) is 11.3 Å². The monoisotopic (exact) mass is 292 g/mol. The lowest BCUT2D eigenvalue weighted by Gasteiger charge is -1.96. The molecule has 0 aliphatic rings. The first-order chi connectivity index (χ1) is 9.11. The highest BCUT2D eigenvalue weighted by molar-refractivity contribution is 7.22. The number of rotatable bonds is 2. The number of fused-ring (bicyclic) bond motifs is 1. The third-order valence-corrected chi connectivity index (χ3v) is 3.69. The maximum absolute atomic E-state index is 11.9. The molecule has 3 aromatic rings. The molecule has 0 spiro atoms. The lowest BCUT2D eigenvalue weighted by Crippen LogP contribution is -2.12. The second-order valence-corrected chi connectivity index (χ2v) is 5.43. The number of hydrogen-bond acceptors (Lipinski definition) is 4. The highest BCUT2D eigenvalue weighted by atomic mass is 35.5. The van der Waals surface area contributed by atoms with Gasteiger partial charge in [-0.15, -0.1) is 0 Å². The summed E-state index contributed by atoms with van der Waals surface area (Å²) in [4.78, 5) is 16.2. The predicted molar refractivity (Wildman–Crippen MR) is 75.8 cm³/mol. The van der Waals surface area contributed by atoms with Gasteiger partial charge in [0.15, 0.2) is 10.8 Å². The van der Waals surface area contributed by atoms with E-state index in [1.807, 2.05) is 12.1 Å². The Bertz CT molecular complexity index is 764. The fraction of sp³-hybridized carbons (Fsp3) is 0.0833. The van der Waals surface area contributed by atoms with Crippen molar-refractivity contribution in [3.63, 3.8) is 0 Å². The maximum Gasteiger partial charge on any atom is 0.277 e. The minimum atomic E-state index is -0.272. The zero-order valence-electron chi connectivity index (χ0n) is 9.92. The molecule has 0 aliphatic heterocycles. The van der Waals surface area contributed by atoms with E-state index < -0.39 is 0 Å². The van der Waals surface area contributed by atoms with Crippen LogP contribution >= 0.6 is 22.9 Å². The number of nitrogens with zero attached hydrogens (tertiary/aromatic N) is 3. The standard InChI is InChI=1S/C12H9ClN4OS/c1-17-5-4-9(16-17)11(18)15-12-14-8-3-2-7(13)6-10(8)19-12/h2-6H,1H3,(H,14,15,18). The molecule has 2 heterocycles. The molecule has 3 rings (SSSR count). The molecule has 2 aromatic heterocycles. The van der Waals surface area contributed by atoms with Crippen molar-refractivity contribution in [3.8, 4) is 0 Å². The second-order valence-electron chi connectivity index (χ2n) is 3.96. The number of nitrogens with one attached hydrogen (secondary N) is 1. The van der Waals surface area contributed by atoms with Gasteiger partial charge < -0.3 is 0 Å². The normalized spacial score (nSPS) is 10.8. The van der Waals surface area contributed by atoms with Crippen LogP contribution < -0.4 is 5.32 Å². The SMILES string of the molecule is Cn1ccc(C(=O)Nc2nc3ccc(Cl)cc3s2)n1. The second kappa shape index (κ2) is 4.64. The molecule has 1 N–H and O–H groups in total. The zero-order chi connectivity index (χ0) is 13.4. The van der Waals surface area contributed by atoms with E-state index in [0.29, 0.717) is 15.8 Å². The third kappa shape index (κ3) is 2.45. The fourth-order valence-electron chi connectivity index (χ4n) is 1.65. The number of halogens is 1. The van der Waals surface area contributed by atoms with Crippen molar-refractivity contribution >= 4 is 44.2 Å². The Labute approximate surface area is 117 Å². The van der Waals surface area contributed by atoms with Crippen molar-refractivity contribution in [2.75, 3.05) is 5.32 Å². The molecule has 0 saturated heterocycles. The summed E-state index contributed by atoms with van der Waals surface area (Å²) >= 11 is 7.29. The molecule has 0 aliphatic carbocycles. The van der Waals surface area contributed by atoms with E-state index in [4.69, 9.17) is 11.6 Å². The van der Waals surface area contributed by atoms with Gasteiger partial charge in [0.25, 0.3) is 5.91 Å². The van der Waals surface area contributed by atoms with Crippen LogP contribution in [0, 0.1) is 0 Å². The molecule has 5 nitrogen and oxygen atoms in total. The molecule has 19 heavy (non-hydrogen) atoms. The van der Waals surface area contributed by atoms with Crippen LogP contribution in [0.4, 0.5) is 5.13 Å². The number of benzene rings is 1. The van der Waals surface area contributed by atoms with E-state index in [-0.39, 0.29) is 5.91 Å². The Hall–Kier alpha value is -1.92. The smallest absolute Gasteiger partial charge is 0.277 e. The highest BCUT2D eigenvalue weighted by Gasteiger charge is 2.12. The topological polar surface area (TPSA) is 59.8 Å². The number of carbonyl (C=O) groups excluding carboxylic acids is 1. The Kier molecular flexibility index (Phi) is 2.96. The van der Waals surface area contributed by atoms with Gasteiger partial charge in [0.1, 0.15) is 0 Å². The number of aromatic nitrogens is 3. The number of aryl methyl sites for hydroxylation is 1. The summed E-state index contributed by atoms with van der Waals surface area (Å²) in [6.45, 7) is 0. The van der Waals surface area contributed by atoms with Crippen molar-refractivity contribution in [2.24, 2.45) is 7.05 Å². The average molecular weight is 293 g/mol. The number of thiazole rings is 1. The van der Waals surface area contributed by atoms with E-state index in [2.05, 4.69) is 15.4 Å². The molecule has 0 fully saturated rings. The van der Waals surface area contributed by atoms with Crippen LogP contribution in [0.1, 0.15) is 10.5 Å². The van der Waals surface area contributed by atoms with Gasteiger partial charge in [-0.05, 0) is 24.3 Å². The predicted octanol–water partition coefficient (Wildman–Crippen LogP) is 2.94. The van der Waals surface area contributed by atoms with Crippen LogP contribution in [0.3, 0.4) is 0 Å². The van der Waals surface area contributed by atoms with Crippen molar-refractivity contribution in [1.29, 1.82) is 0 Å². The van der Waals surface area contributed by atoms with Crippen LogP contribution in [-0.4, -0.2) is 20.7 Å². The van der Waals surface area contributed by atoms with Crippen molar-refractivity contribution < 1.29 is 4.79 Å². The van der Waals surface area contributed by atoms with Crippen molar-refractivity contribution in [3.05, 3.63) is 41.2 Å².